The number of aromatic nitrogens is 2. The molecular formula is C17H15F3N2O2. The zero-order valence-corrected chi connectivity index (χ0v) is 12.8. The largest absolute Gasteiger partial charge is 0.573 e. The van der Waals surface area contributed by atoms with Gasteiger partial charge in [-0.3, -0.25) is 0 Å². The molecule has 4 nitrogen and oxygen atoms in total. The summed E-state index contributed by atoms with van der Waals surface area (Å²) >= 11 is 0. The van der Waals surface area contributed by atoms with Crippen LogP contribution in [0.3, 0.4) is 0 Å². The Morgan fingerprint density at radius 3 is 2.42 bits per heavy atom. The van der Waals surface area contributed by atoms with Crippen molar-refractivity contribution in [2.24, 2.45) is 0 Å². The van der Waals surface area contributed by atoms with E-state index in [1.165, 1.54) is 24.3 Å². The van der Waals surface area contributed by atoms with Gasteiger partial charge >= 0.3 is 6.36 Å². The Balaban J connectivity index is 1.90. The lowest BCUT2D eigenvalue weighted by Crippen LogP contribution is -2.17. The third-order valence-corrected chi connectivity index (χ3v) is 3.41. The van der Waals surface area contributed by atoms with Crippen LogP contribution >= 0.6 is 0 Å². The number of nitrogens with zero attached hydrogens (tertiary/aromatic N) is 1. The van der Waals surface area contributed by atoms with Gasteiger partial charge in [0, 0.05) is 6.61 Å². The van der Waals surface area contributed by atoms with Crippen molar-refractivity contribution in [3.05, 3.63) is 59.9 Å². The molecule has 0 spiro atoms. The van der Waals surface area contributed by atoms with E-state index < -0.39 is 12.5 Å². The molecule has 0 bridgehead atoms. The van der Waals surface area contributed by atoms with Crippen LogP contribution in [0.25, 0.3) is 11.0 Å². The smallest absolute Gasteiger partial charge is 0.406 e. The Morgan fingerprint density at radius 1 is 1.08 bits per heavy atom. The maximum atomic E-state index is 12.2. The minimum atomic E-state index is -4.71. The van der Waals surface area contributed by atoms with Crippen LogP contribution in [0, 0.1) is 0 Å². The molecule has 2 aromatic carbocycles. The summed E-state index contributed by atoms with van der Waals surface area (Å²) in [6.07, 6.45) is -5.21. The van der Waals surface area contributed by atoms with Crippen molar-refractivity contribution in [1.82, 2.24) is 9.97 Å². The number of para-hydroxylation sites is 2. The van der Waals surface area contributed by atoms with Crippen LogP contribution in [-0.4, -0.2) is 22.9 Å². The number of hydrogen-bond donors (Lipinski definition) is 1. The molecule has 3 aromatic rings. The van der Waals surface area contributed by atoms with Crippen molar-refractivity contribution in [3.8, 4) is 5.75 Å². The molecule has 1 unspecified atom stereocenters. The molecule has 0 aliphatic rings. The normalized spacial score (nSPS) is 13.2. The summed E-state index contributed by atoms with van der Waals surface area (Å²) in [5.41, 5.74) is 2.36. The lowest BCUT2D eigenvalue weighted by molar-refractivity contribution is -0.274. The van der Waals surface area contributed by atoms with Gasteiger partial charge in [-0.1, -0.05) is 24.3 Å². The third-order valence-electron chi connectivity index (χ3n) is 3.41. The van der Waals surface area contributed by atoms with Crippen LogP contribution in [0.2, 0.25) is 0 Å². The third kappa shape index (κ3) is 3.68. The number of imidazole rings is 1. The number of halogens is 3. The minimum Gasteiger partial charge on any atom is -0.406 e. The van der Waals surface area contributed by atoms with E-state index in [9.17, 15) is 13.2 Å². The second-order valence-electron chi connectivity index (χ2n) is 5.09. The molecule has 1 heterocycles. The number of alkyl halides is 3. The lowest BCUT2D eigenvalue weighted by atomic mass is 10.1. The molecule has 0 radical (unpaired) electrons. The molecular weight excluding hydrogens is 321 g/mol. The number of aromatic amines is 1. The Bertz CT molecular complexity index is 780. The average molecular weight is 336 g/mol. The van der Waals surface area contributed by atoms with E-state index in [1.807, 2.05) is 31.2 Å². The first-order chi connectivity index (χ1) is 11.5. The highest BCUT2D eigenvalue weighted by Gasteiger charge is 2.31. The number of hydrogen-bond acceptors (Lipinski definition) is 3. The number of rotatable bonds is 5. The van der Waals surface area contributed by atoms with Gasteiger partial charge in [0.2, 0.25) is 0 Å². The van der Waals surface area contributed by atoms with Crippen molar-refractivity contribution < 1.29 is 22.6 Å². The summed E-state index contributed by atoms with van der Waals surface area (Å²) in [7, 11) is 0. The number of benzene rings is 2. The first-order valence-electron chi connectivity index (χ1n) is 7.38. The molecule has 126 valence electrons. The van der Waals surface area contributed by atoms with Crippen LogP contribution in [0.4, 0.5) is 13.2 Å². The van der Waals surface area contributed by atoms with Crippen molar-refractivity contribution in [1.29, 1.82) is 0 Å². The van der Waals surface area contributed by atoms with Gasteiger partial charge in [-0.05, 0) is 36.8 Å². The fraction of sp³-hybridized carbons (Fsp3) is 0.235. The summed E-state index contributed by atoms with van der Waals surface area (Å²) in [5, 5.41) is 0. The summed E-state index contributed by atoms with van der Waals surface area (Å²) in [5.74, 6) is 0.327. The molecule has 1 atom stereocenters. The van der Waals surface area contributed by atoms with E-state index in [0.29, 0.717) is 18.0 Å². The Kier molecular flexibility index (Phi) is 4.44. The van der Waals surface area contributed by atoms with E-state index in [-0.39, 0.29) is 5.75 Å². The van der Waals surface area contributed by atoms with Gasteiger partial charge in [-0.25, -0.2) is 4.98 Å². The highest BCUT2D eigenvalue weighted by Crippen LogP contribution is 2.29. The van der Waals surface area contributed by atoms with Gasteiger partial charge in [0.05, 0.1) is 11.0 Å². The number of fused-ring (bicyclic) bond motifs is 1. The second kappa shape index (κ2) is 6.52. The fourth-order valence-electron chi connectivity index (χ4n) is 2.44. The van der Waals surface area contributed by atoms with E-state index in [4.69, 9.17) is 4.74 Å². The topological polar surface area (TPSA) is 47.1 Å². The second-order valence-corrected chi connectivity index (χ2v) is 5.09. The number of H-pyrrole nitrogens is 1. The van der Waals surface area contributed by atoms with Crippen LogP contribution in [0.5, 0.6) is 5.75 Å². The molecule has 7 heteroatoms. The van der Waals surface area contributed by atoms with E-state index in [1.54, 1.807) is 0 Å². The Morgan fingerprint density at radius 2 is 1.79 bits per heavy atom. The minimum absolute atomic E-state index is 0.272. The monoisotopic (exact) mass is 336 g/mol. The van der Waals surface area contributed by atoms with Crippen LogP contribution in [0.1, 0.15) is 24.4 Å². The van der Waals surface area contributed by atoms with E-state index in [0.717, 1.165) is 11.0 Å². The quantitative estimate of drug-likeness (QED) is 0.741. The fourth-order valence-corrected chi connectivity index (χ4v) is 2.44. The van der Waals surface area contributed by atoms with Crippen LogP contribution in [-0.2, 0) is 4.74 Å². The molecule has 1 N–H and O–H groups in total. The predicted octanol–water partition coefficient (Wildman–Crippen LogP) is 4.59. The predicted molar refractivity (Wildman–Crippen MR) is 82.7 cm³/mol. The van der Waals surface area contributed by atoms with E-state index >= 15 is 0 Å². The van der Waals surface area contributed by atoms with Gasteiger partial charge in [0.1, 0.15) is 17.7 Å². The van der Waals surface area contributed by atoms with Crippen LogP contribution in [0.15, 0.2) is 48.5 Å². The van der Waals surface area contributed by atoms with Crippen molar-refractivity contribution in [3.63, 3.8) is 0 Å². The van der Waals surface area contributed by atoms with Gasteiger partial charge in [0.15, 0.2) is 0 Å². The average Bonchev–Trinajstić information content (AvgIpc) is 2.95. The highest BCUT2D eigenvalue weighted by molar-refractivity contribution is 5.74. The highest BCUT2D eigenvalue weighted by atomic mass is 19.4. The number of nitrogens with one attached hydrogen (secondary N) is 1. The SMILES string of the molecule is CCOC(c1ccc(OC(F)(F)F)cc1)c1nc2ccccc2[nH]1. The lowest BCUT2D eigenvalue weighted by Gasteiger charge is -2.16. The molecule has 0 saturated heterocycles. The molecule has 0 amide bonds. The molecule has 24 heavy (non-hydrogen) atoms. The van der Waals surface area contributed by atoms with Crippen molar-refractivity contribution in [2.45, 2.75) is 19.4 Å². The van der Waals surface area contributed by atoms with Crippen LogP contribution < -0.4 is 4.74 Å². The zero-order chi connectivity index (χ0) is 17.2. The standard InChI is InChI=1S/C17H15F3N2O2/c1-2-23-15(16-21-13-5-3-4-6-14(13)22-16)11-7-9-12(10-8-11)24-17(18,19)20/h3-10,15H,2H2,1H3,(H,21,22). The summed E-state index contributed by atoms with van der Waals surface area (Å²) < 4.78 is 46.3. The number of ether oxygens (including phenoxy) is 2. The first-order valence-corrected chi connectivity index (χ1v) is 7.38. The molecule has 0 saturated carbocycles. The van der Waals surface area contributed by atoms with Crippen molar-refractivity contribution in [2.75, 3.05) is 6.61 Å². The summed E-state index contributed by atoms with van der Waals surface area (Å²) in [6.45, 7) is 2.28. The van der Waals surface area contributed by atoms with Gasteiger partial charge < -0.3 is 14.5 Å². The van der Waals surface area contributed by atoms with Gasteiger partial charge in [-0.15, -0.1) is 13.2 Å². The Labute approximate surface area is 136 Å². The van der Waals surface area contributed by atoms with Crippen molar-refractivity contribution >= 4 is 11.0 Å². The summed E-state index contributed by atoms with van der Waals surface area (Å²) in [4.78, 5) is 7.68. The van der Waals surface area contributed by atoms with E-state index in [2.05, 4.69) is 14.7 Å². The molecule has 0 aliphatic carbocycles. The maximum absolute atomic E-state index is 12.2. The van der Waals surface area contributed by atoms with Gasteiger partial charge in [-0.2, -0.15) is 0 Å². The van der Waals surface area contributed by atoms with Gasteiger partial charge in [0.25, 0.3) is 0 Å². The molecule has 0 aliphatic heterocycles. The molecule has 1 aromatic heterocycles. The maximum Gasteiger partial charge on any atom is 0.573 e. The summed E-state index contributed by atoms with van der Waals surface area (Å²) in [6, 6.07) is 13.1. The zero-order valence-electron chi connectivity index (χ0n) is 12.8. The molecule has 3 rings (SSSR count). The molecule has 0 fully saturated rings. The first kappa shape index (κ1) is 16.3. The Hall–Kier alpha value is -2.54.